The smallest absolute Gasteiger partial charge is 0.330 e. The summed E-state index contributed by atoms with van der Waals surface area (Å²) in [7, 11) is 0. The molecule has 2 aliphatic heterocycles. The van der Waals surface area contributed by atoms with Crippen molar-refractivity contribution in [3.8, 4) is 0 Å². The van der Waals surface area contributed by atoms with Crippen LogP contribution in [0.4, 0.5) is 5.82 Å². The van der Waals surface area contributed by atoms with Crippen molar-refractivity contribution in [1.29, 1.82) is 0 Å². The molecular weight excluding hydrogens is 624 g/mol. The molecule has 2 saturated heterocycles. The molecular formula is C34H43ClN6O6. The molecule has 2 aromatic carbocycles. The molecule has 0 saturated carbocycles. The fourth-order valence-corrected chi connectivity index (χ4v) is 5.63. The molecule has 2 fully saturated rings. The lowest BCUT2D eigenvalue weighted by Crippen LogP contribution is -2.40. The minimum absolute atomic E-state index is 0.00909. The Labute approximate surface area is 277 Å². The average molecular weight is 667 g/mol. The van der Waals surface area contributed by atoms with Crippen LogP contribution in [0.5, 0.6) is 0 Å². The van der Waals surface area contributed by atoms with Gasteiger partial charge in [-0.3, -0.25) is 28.7 Å². The molecule has 4 heterocycles. The molecule has 0 radical (unpaired) electrons. The summed E-state index contributed by atoms with van der Waals surface area (Å²) in [6.45, 7) is 6.30. The highest BCUT2D eigenvalue weighted by molar-refractivity contribution is 6.29. The van der Waals surface area contributed by atoms with E-state index in [2.05, 4.69) is 15.3 Å². The van der Waals surface area contributed by atoms with Gasteiger partial charge in [-0.1, -0.05) is 72.3 Å². The molecule has 2 aliphatic rings. The van der Waals surface area contributed by atoms with E-state index in [0.29, 0.717) is 57.9 Å². The van der Waals surface area contributed by atoms with Crippen LogP contribution < -0.4 is 33.5 Å². The number of hydrogen-bond acceptors (Lipinski definition) is 8. The van der Waals surface area contributed by atoms with Gasteiger partial charge in [0.2, 0.25) is 0 Å². The minimum atomic E-state index is -0.445. The number of rotatable bonds is 6. The third kappa shape index (κ3) is 10.4. The Kier molecular flexibility index (Phi) is 13.4. The van der Waals surface area contributed by atoms with E-state index in [1.54, 1.807) is 0 Å². The molecule has 13 heteroatoms. The van der Waals surface area contributed by atoms with Crippen molar-refractivity contribution < 1.29 is 9.47 Å². The highest BCUT2D eigenvalue weighted by Gasteiger charge is 2.20. The van der Waals surface area contributed by atoms with E-state index >= 15 is 0 Å². The summed E-state index contributed by atoms with van der Waals surface area (Å²) in [6, 6.07) is 22.6. The standard InChI is InChI=1S/C17H21N3O3.C9H11ClN2O3.C8H11N/c1-12(13-5-3-2-4-6-13)18-15-11-16(21)20(17(22)19-15)14-7-9-23-10-8-14;10-7-5-8(13)12(9(14)11-7)6-1-3-15-4-2-6;1-7(9)8-5-3-2-4-6-8/h2-6,11-12,14,18H,7-10H2,1H3,(H,19,22);5-6H,1-4H2,(H,11,14);2-7H,9H2,1H3/t12-;;7-/m0.0/s1. The second-order valence-electron chi connectivity index (χ2n) is 11.5. The van der Waals surface area contributed by atoms with Crippen LogP contribution in [0.2, 0.25) is 5.15 Å². The molecule has 0 unspecified atom stereocenters. The van der Waals surface area contributed by atoms with Crippen LogP contribution in [-0.4, -0.2) is 45.5 Å². The lowest BCUT2D eigenvalue weighted by Gasteiger charge is -2.23. The van der Waals surface area contributed by atoms with Crippen molar-refractivity contribution in [1.82, 2.24) is 19.1 Å². The second-order valence-corrected chi connectivity index (χ2v) is 11.9. The van der Waals surface area contributed by atoms with Gasteiger partial charge in [0.25, 0.3) is 11.1 Å². The van der Waals surface area contributed by atoms with Crippen LogP contribution in [0.3, 0.4) is 0 Å². The first-order valence-electron chi connectivity index (χ1n) is 15.8. The molecule has 12 nitrogen and oxygen atoms in total. The van der Waals surface area contributed by atoms with Crippen molar-refractivity contribution in [2.75, 3.05) is 31.7 Å². The Bertz CT molecular complexity index is 1710. The molecule has 0 bridgehead atoms. The van der Waals surface area contributed by atoms with Crippen molar-refractivity contribution >= 4 is 17.4 Å². The van der Waals surface area contributed by atoms with Crippen LogP contribution in [0.1, 0.15) is 74.8 Å². The molecule has 5 N–H and O–H groups in total. The molecule has 2 atom stereocenters. The highest BCUT2D eigenvalue weighted by Crippen LogP contribution is 2.19. The lowest BCUT2D eigenvalue weighted by molar-refractivity contribution is 0.0673. The van der Waals surface area contributed by atoms with Gasteiger partial charge >= 0.3 is 11.4 Å². The van der Waals surface area contributed by atoms with E-state index in [9.17, 15) is 19.2 Å². The number of nitrogens with one attached hydrogen (secondary N) is 3. The van der Waals surface area contributed by atoms with Gasteiger partial charge in [-0.05, 0) is 50.7 Å². The number of H-pyrrole nitrogens is 2. The number of aromatic amines is 2. The summed E-state index contributed by atoms with van der Waals surface area (Å²) in [6.07, 6.45) is 2.75. The zero-order chi connectivity index (χ0) is 33.8. The van der Waals surface area contributed by atoms with E-state index in [0.717, 1.165) is 5.56 Å². The minimum Gasteiger partial charge on any atom is -0.381 e. The monoisotopic (exact) mass is 666 g/mol. The number of aromatic nitrogens is 4. The number of anilines is 1. The summed E-state index contributed by atoms with van der Waals surface area (Å²) in [5.41, 5.74) is 6.45. The van der Waals surface area contributed by atoms with Crippen molar-refractivity contribution in [3.05, 3.63) is 131 Å². The molecule has 0 aliphatic carbocycles. The predicted octanol–water partition coefficient (Wildman–Crippen LogP) is 4.31. The first-order chi connectivity index (χ1) is 22.6. The molecule has 2 aromatic heterocycles. The maximum absolute atomic E-state index is 12.3. The number of ether oxygens (including phenoxy) is 2. The quantitative estimate of drug-likeness (QED) is 0.221. The van der Waals surface area contributed by atoms with Crippen LogP contribution in [-0.2, 0) is 9.47 Å². The van der Waals surface area contributed by atoms with Gasteiger partial charge in [-0.25, -0.2) is 9.59 Å². The first-order valence-corrected chi connectivity index (χ1v) is 16.2. The van der Waals surface area contributed by atoms with Gasteiger partial charge in [0, 0.05) is 62.7 Å². The van der Waals surface area contributed by atoms with E-state index in [1.807, 2.05) is 74.5 Å². The summed E-state index contributed by atoms with van der Waals surface area (Å²) in [4.78, 5) is 52.9. The van der Waals surface area contributed by atoms with Crippen molar-refractivity contribution in [2.24, 2.45) is 5.73 Å². The predicted molar refractivity (Wildman–Crippen MR) is 183 cm³/mol. The lowest BCUT2D eigenvalue weighted by atomic mass is 10.1. The fourth-order valence-electron chi connectivity index (χ4n) is 5.45. The second kappa shape index (κ2) is 17.6. The zero-order valence-corrected chi connectivity index (χ0v) is 27.4. The number of hydrogen-bond donors (Lipinski definition) is 4. The third-order valence-corrected chi connectivity index (χ3v) is 8.21. The Morgan fingerprint density at radius 2 is 1.17 bits per heavy atom. The Hall–Kier alpha value is -4.23. The van der Waals surface area contributed by atoms with E-state index < -0.39 is 5.69 Å². The zero-order valence-electron chi connectivity index (χ0n) is 26.7. The van der Waals surface area contributed by atoms with Gasteiger partial charge in [0.1, 0.15) is 11.0 Å². The highest BCUT2D eigenvalue weighted by atomic mass is 35.5. The number of halogens is 1. The Morgan fingerprint density at radius 3 is 1.60 bits per heavy atom. The largest absolute Gasteiger partial charge is 0.381 e. The topological polar surface area (TPSA) is 166 Å². The van der Waals surface area contributed by atoms with Gasteiger partial charge in [-0.2, -0.15) is 0 Å². The summed E-state index contributed by atoms with van der Waals surface area (Å²) in [5, 5.41) is 3.25. The molecule has 4 aromatic rings. The molecule has 0 spiro atoms. The first kappa shape index (κ1) is 35.6. The maximum atomic E-state index is 12.3. The van der Waals surface area contributed by atoms with Gasteiger partial charge in [0.05, 0.1) is 0 Å². The van der Waals surface area contributed by atoms with Gasteiger partial charge in [0.15, 0.2) is 0 Å². The summed E-state index contributed by atoms with van der Waals surface area (Å²) >= 11 is 5.57. The fraction of sp³-hybridized carbons (Fsp3) is 0.412. The maximum Gasteiger partial charge on any atom is 0.330 e. The van der Waals surface area contributed by atoms with E-state index in [1.165, 1.54) is 26.8 Å². The SMILES string of the molecule is C[C@H](N)c1ccccc1.C[C@H](Nc1cc(=O)n(C2CCOCC2)c(=O)[nH]1)c1ccccc1.O=c1cc(Cl)[nH]c(=O)n1C1CCOCC1. The van der Waals surface area contributed by atoms with Crippen LogP contribution in [0, 0.1) is 0 Å². The van der Waals surface area contributed by atoms with Crippen molar-refractivity contribution in [2.45, 2.75) is 63.7 Å². The Morgan fingerprint density at radius 1 is 0.723 bits per heavy atom. The van der Waals surface area contributed by atoms with E-state index in [-0.39, 0.29) is 46.1 Å². The molecule has 0 amide bonds. The van der Waals surface area contributed by atoms with Crippen LogP contribution in [0.25, 0.3) is 0 Å². The Balaban J connectivity index is 0.000000178. The third-order valence-electron chi connectivity index (χ3n) is 8.01. The number of benzene rings is 2. The average Bonchev–Trinajstić information content (AvgIpc) is 3.06. The molecule has 47 heavy (non-hydrogen) atoms. The van der Waals surface area contributed by atoms with Gasteiger partial charge < -0.3 is 20.5 Å². The summed E-state index contributed by atoms with van der Waals surface area (Å²) in [5.74, 6) is 0.444. The number of nitrogens with zero attached hydrogens (tertiary/aromatic N) is 2. The van der Waals surface area contributed by atoms with Crippen LogP contribution in [0.15, 0.2) is 92.0 Å². The summed E-state index contributed by atoms with van der Waals surface area (Å²) < 4.78 is 13.0. The molecule has 252 valence electrons. The number of nitrogens with two attached hydrogens (primary N) is 1. The molecule has 6 rings (SSSR count). The van der Waals surface area contributed by atoms with E-state index in [4.69, 9.17) is 26.8 Å². The van der Waals surface area contributed by atoms with Crippen LogP contribution >= 0.6 is 11.6 Å². The van der Waals surface area contributed by atoms with Gasteiger partial charge in [-0.15, -0.1) is 0 Å². The normalized spacial score (nSPS) is 16.5. The van der Waals surface area contributed by atoms with Crippen molar-refractivity contribution in [3.63, 3.8) is 0 Å².